The SMILES string of the molecule is CC(N[C@H]1CCOc2ccc(Cl)cc21)c1ccccc1. The highest BCUT2D eigenvalue weighted by Gasteiger charge is 2.23. The van der Waals surface area contributed by atoms with Gasteiger partial charge in [0.2, 0.25) is 0 Å². The molecule has 1 N–H and O–H groups in total. The van der Waals surface area contributed by atoms with E-state index < -0.39 is 0 Å². The number of hydrogen-bond donors (Lipinski definition) is 1. The Kier molecular flexibility index (Phi) is 3.95. The van der Waals surface area contributed by atoms with Gasteiger partial charge in [0.25, 0.3) is 0 Å². The molecule has 0 saturated carbocycles. The molecule has 0 aliphatic carbocycles. The van der Waals surface area contributed by atoms with Gasteiger partial charge < -0.3 is 10.1 Å². The van der Waals surface area contributed by atoms with E-state index in [1.165, 1.54) is 5.56 Å². The Morgan fingerprint density at radius 2 is 2.00 bits per heavy atom. The normalized spacial score (nSPS) is 19.0. The molecule has 0 fully saturated rings. The van der Waals surface area contributed by atoms with Crippen LogP contribution in [0.4, 0.5) is 0 Å². The third-order valence-electron chi connectivity index (χ3n) is 3.76. The average Bonchev–Trinajstić information content (AvgIpc) is 2.49. The second-order valence-corrected chi connectivity index (χ2v) is 5.61. The fraction of sp³-hybridized carbons (Fsp3) is 0.294. The Hall–Kier alpha value is -1.51. The van der Waals surface area contributed by atoms with Gasteiger partial charge in [-0.15, -0.1) is 0 Å². The van der Waals surface area contributed by atoms with Gasteiger partial charge in [0.15, 0.2) is 0 Å². The summed E-state index contributed by atoms with van der Waals surface area (Å²) in [6.45, 7) is 2.93. The third-order valence-corrected chi connectivity index (χ3v) is 4.00. The molecular weight excluding hydrogens is 270 g/mol. The van der Waals surface area contributed by atoms with Gasteiger partial charge in [-0.1, -0.05) is 41.9 Å². The Morgan fingerprint density at radius 3 is 2.80 bits per heavy atom. The molecule has 3 rings (SSSR count). The van der Waals surface area contributed by atoms with E-state index in [-0.39, 0.29) is 6.04 Å². The second-order valence-electron chi connectivity index (χ2n) is 5.17. The minimum absolute atomic E-state index is 0.285. The summed E-state index contributed by atoms with van der Waals surface area (Å²) in [4.78, 5) is 0. The van der Waals surface area contributed by atoms with E-state index in [1.54, 1.807) is 0 Å². The molecule has 0 radical (unpaired) electrons. The van der Waals surface area contributed by atoms with E-state index in [4.69, 9.17) is 16.3 Å². The first-order chi connectivity index (χ1) is 9.74. The van der Waals surface area contributed by atoms with Gasteiger partial charge in [-0.3, -0.25) is 0 Å². The van der Waals surface area contributed by atoms with Crippen molar-refractivity contribution in [2.75, 3.05) is 6.61 Å². The van der Waals surface area contributed by atoms with Gasteiger partial charge in [-0.2, -0.15) is 0 Å². The summed E-state index contributed by atoms with van der Waals surface area (Å²) in [5.41, 5.74) is 2.45. The van der Waals surface area contributed by atoms with Crippen molar-refractivity contribution in [1.82, 2.24) is 5.32 Å². The molecule has 2 atom stereocenters. The summed E-state index contributed by atoms with van der Waals surface area (Å²) >= 11 is 6.11. The number of rotatable bonds is 3. The van der Waals surface area contributed by atoms with Gasteiger partial charge in [0.05, 0.1) is 6.61 Å². The molecule has 1 unspecified atom stereocenters. The smallest absolute Gasteiger partial charge is 0.124 e. The van der Waals surface area contributed by atoms with Gasteiger partial charge in [0.1, 0.15) is 5.75 Å². The predicted molar refractivity (Wildman–Crippen MR) is 82.3 cm³/mol. The Bertz CT molecular complexity index is 585. The standard InChI is InChI=1S/C17H18ClNO/c1-12(13-5-3-2-4-6-13)19-16-9-10-20-17-8-7-14(18)11-15(16)17/h2-8,11-12,16,19H,9-10H2,1H3/t12?,16-/m0/s1. The van der Waals surface area contributed by atoms with E-state index in [2.05, 4.69) is 36.5 Å². The van der Waals surface area contributed by atoms with Crippen LogP contribution in [0.25, 0.3) is 0 Å². The molecular formula is C17H18ClNO. The van der Waals surface area contributed by atoms with Gasteiger partial charge >= 0.3 is 0 Å². The zero-order chi connectivity index (χ0) is 13.9. The molecule has 3 heteroatoms. The summed E-state index contributed by atoms with van der Waals surface area (Å²) < 4.78 is 5.70. The molecule has 2 aromatic carbocycles. The molecule has 1 aliphatic heterocycles. The van der Waals surface area contributed by atoms with Crippen LogP contribution < -0.4 is 10.1 Å². The Labute approximate surface area is 124 Å². The fourth-order valence-electron chi connectivity index (χ4n) is 2.68. The van der Waals surface area contributed by atoms with Gasteiger partial charge in [-0.05, 0) is 30.7 Å². The molecule has 0 saturated heterocycles. The van der Waals surface area contributed by atoms with Crippen LogP contribution in [0.5, 0.6) is 5.75 Å². The monoisotopic (exact) mass is 287 g/mol. The topological polar surface area (TPSA) is 21.3 Å². The second kappa shape index (κ2) is 5.86. The third kappa shape index (κ3) is 2.82. The van der Waals surface area contributed by atoms with Gasteiger partial charge in [-0.25, -0.2) is 0 Å². The van der Waals surface area contributed by atoms with Crippen LogP contribution in [-0.2, 0) is 0 Å². The largest absolute Gasteiger partial charge is 0.493 e. The molecule has 2 nitrogen and oxygen atoms in total. The van der Waals surface area contributed by atoms with Crippen molar-refractivity contribution in [3.8, 4) is 5.75 Å². The number of nitrogens with one attached hydrogen (secondary N) is 1. The number of fused-ring (bicyclic) bond motifs is 1. The van der Waals surface area contributed by atoms with E-state index in [0.717, 1.165) is 29.4 Å². The number of hydrogen-bond acceptors (Lipinski definition) is 2. The number of benzene rings is 2. The van der Waals surface area contributed by atoms with Crippen LogP contribution >= 0.6 is 11.6 Å². The minimum Gasteiger partial charge on any atom is -0.493 e. The van der Waals surface area contributed by atoms with Crippen molar-refractivity contribution >= 4 is 11.6 Å². The summed E-state index contributed by atoms with van der Waals surface area (Å²) in [7, 11) is 0. The van der Waals surface area contributed by atoms with Crippen LogP contribution in [0, 0.1) is 0 Å². The van der Waals surface area contributed by atoms with Crippen molar-refractivity contribution in [3.63, 3.8) is 0 Å². The molecule has 2 aromatic rings. The van der Waals surface area contributed by atoms with Crippen molar-refractivity contribution in [2.45, 2.75) is 25.4 Å². The molecule has 0 aromatic heterocycles. The maximum absolute atomic E-state index is 6.11. The van der Waals surface area contributed by atoms with Crippen molar-refractivity contribution in [2.24, 2.45) is 0 Å². The lowest BCUT2D eigenvalue weighted by Crippen LogP contribution is -2.29. The van der Waals surface area contributed by atoms with E-state index in [0.29, 0.717) is 6.04 Å². The number of halogens is 1. The minimum atomic E-state index is 0.285. The molecule has 0 bridgehead atoms. The summed E-state index contributed by atoms with van der Waals surface area (Å²) in [5.74, 6) is 0.943. The van der Waals surface area contributed by atoms with Crippen LogP contribution in [-0.4, -0.2) is 6.61 Å². The zero-order valence-electron chi connectivity index (χ0n) is 11.5. The Balaban J connectivity index is 1.81. The lowest BCUT2D eigenvalue weighted by Gasteiger charge is -2.29. The average molecular weight is 288 g/mol. The molecule has 104 valence electrons. The molecule has 20 heavy (non-hydrogen) atoms. The summed E-state index contributed by atoms with van der Waals surface area (Å²) in [6, 6.07) is 16.9. The van der Waals surface area contributed by atoms with Crippen molar-refractivity contribution < 1.29 is 4.74 Å². The first kappa shape index (κ1) is 13.5. The van der Waals surface area contributed by atoms with E-state index in [1.807, 2.05) is 24.3 Å². The van der Waals surface area contributed by atoms with E-state index in [9.17, 15) is 0 Å². The van der Waals surface area contributed by atoms with Crippen LogP contribution in [0.15, 0.2) is 48.5 Å². The van der Waals surface area contributed by atoms with Crippen molar-refractivity contribution in [3.05, 3.63) is 64.7 Å². The predicted octanol–water partition coefficient (Wildman–Crippen LogP) is 4.51. The molecule has 1 aliphatic rings. The summed E-state index contributed by atoms with van der Waals surface area (Å²) in [6.07, 6.45) is 0.963. The van der Waals surface area contributed by atoms with Crippen LogP contribution in [0.2, 0.25) is 5.02 Å². The fourth-order valence-corrected chi connectivity index (χ4v) is 2.86. The first-order valence-electron chi connectivity index (χ1n) is 6.97. The van der Waals surface area contributed by atoms with E-state index >= 15 is 0 Å². The highest BCUT2D eigenvalue weighted by molar-refractivity contribution is 6.30. The highest BCUT2D eigenvalue weighted by atomic mass is 35.5. The molecule has 0 spiro atoms. The molecule has 1 heterocycles. The maximum atomic E-state index is 6.11. The first-order valence-corrected chi connectivity index (χ1v) is 7.35. The van der Waals surface area contributed by atoms with Gasteiger partial charge in [0, 0.05) is 29.1 Å². The molecule has 0 amide bonds. The zero-order valence-corrected chi connectivity index (χ0v) is 12.2. The van der Waals surface area contributed by atoms with Crippen molar-refractivity contribution in [1.29, 1.82) is 0 Å². The number of ether oxygens (including phenoxy) is 1. The Morgan fingerprint density at radius 1 is 1.20 bits per heavy atom. The lowest BCUT2D eigenvalue weighted by molar-refractivity contribution is 0.246. The highest BCUT2D eigenvalue weighted by Crippen LogP contribution is 2.35. The maximum Gasteiger partial charge on any atom is 0.124 e. The quantitative estimate of drug-likeness (QED) is 0.896. The van der Waals surface area contributed by atoms with Crippen LogP contribution in [0.1, 0.15) is 36.6 Å². The summed E-state index contributed by atoms with van der Waals surface area (Å²) in [5, 5.41) is 4.44. The van der Waals surface area contributed by atoms with Crippen LogP contribution in [0.3, 0.4) is 0 Å². The lowest BCUT2D eigenvalue weighted by atomic mass is 9.98.